The fraction of sp³-hybridized carbons (Fsp3) is 0.444. The number of hydrogen-bond donors (Lipinski definition) is 3. The minimum atomic E-state index is -1.31. The Morgan fingerprint density at radius 2 is 2.20 bits per heavy atom. The van der Waals surface area contributed by atoms with Gasteiger partial charge in [0, 0.05) is 11.8 Å². The molecule has 0 amide bonds. The molecule has 2 unspecified atom stereocenters. The van der Waals surface area contributed by atoms with E-state index < -0.39 is 18.0 Å². The van der Waals surface area contributed by atoms with Crippen LogP contribution in [0.2, 0.25) is 5.15 Å². The average Bonchev–Trinajstić information content (AvgIpc) is 2.21. The van der Waals surface area contributed by atoms with Gasteiger partial charge in [-0.25, -0.2) is 9.37 Å². The second-order valence-electron chi connectivity index (χ2n) is 3.03. The maximum Gasteiger partial charge on any atom is 0.166 e. The van der Waals surface area contributed by atoms with E-state index in [1.54, 1.807) is 0 Å². The number of nitrogens with zero attached hydrogens (tertiary/aromatic N) is 1. The van der Waals surface area contributed by atoms with E-state index >= 15 is 0 Å². The number of aliphatic hydroxyl groups excluding tert-OH is 2. The van der Waals surface area contributed by atoms with Crippen LogP contribution in [0.1, 0.15) is 18.1 Å². The molecule has 1 rings (SSSR count). The van der Waals surface area contributed by atoms with Crippen LogP contribution in [0.25, 0.3) is 0 Å². The van der Waals surface area contributed by atoms with Crippen LogP contribution in [0.5, 0.6) is 0 Å². The molecule has 2 N–H and O–H groups in total. The van der Waals surface area contributed by atoms with Crippen molar-refractivity contribution in [1.29, 1.82) is 0 Å². The standard InChI is InChI=1S/C9H11ClFNO2S/c10-9-7(11)5(1-3-12-9)8(14)6(13)2-4-15/h1,3,6,8,13-15H,2,4H2. The van der Waals surface area contributed by atoms with Crippen molar-refractivity contribution in [3.05, 3.63) is 28.8 Å². The van der Waals surface area contributed by atoms with E-state index in [9.17, 15) is 14.6 Å². The van der Waals surface area contributed by atoms with Crippen LogP contribution in [-0.4, -0.2) is 27.1 Å². The summed E-state index contributed by atoms with van der Waals surface area (Å²) < 4.78 is 13.4. The van der Waals surface area contributed by atoms with E-state index in [0.717, 1.165) is 0 Å². The number of aromatic nitrogens is 1. The third-order valence-electron chi connectivity index (χ3n) is 1.98. The lowest BCUT2D eigenvalue weighted by Gasteiger charge is -2.17. The van der Waals surface area contributed by atoms with Crippen LogP contribution in [0, 0.1) is 5.82 Å². The minimum Gasteiger partial charge on any atom is -0.390 e. The van der Waals surface area contributed by atoms with Gasteiger partial charge < -0.3 is 10.2 Å². The predicted molar refractivity (Wildman–Crippen MR) is 58.6 cm³/mol. The van der Waals surface area contributed by atoms with Gasteiger partial charge in [0.05, 0.1) is 6.10 Å². The van der Waals surface area contributed by atoms with Crippen LogP contribution in [0.3, 0.4) is 0 Å². The van der Waals surface area contributed by atoms with Gasteiger partial charge in [0.25, 0.3) is 0 Å². The van der Waals surface area contributed by atoms with Crippen LogP contribution in [0.4, 0.5) is 4.39 Å². The zero-order valence-corrected chi connectivity index (χ0v) is 9.42. The lowest BCUT2D eigenvalue weighted by Crippen LogP contribution is -2.20. The van der Waals surface area contributed by atoms with Gasteiger partial charge in [0.2, 0.25) is 0 Å². The minimum absolute atomic E-state index is 0.0516. The van der Waals surface area contributed by atoms with Crippen LogP contribution < -0.4 is 0 Å². The summed E-state index contributed by atoms with van der Waals surface area (Å²) in [5.41, 5.74) is -0.0516. The molecule has 0 bridgehead atoms. The molecule has 1 aromatic heterocycles. The molecule has 0 aliphatic heterocycles. The highest BCUT2D eigenvalue weighted by Crippen LogP contribution is 2.24. The Morgan fingerprint density at radius 1 is 1.53 bits per heavy atom. The maximum absolute atomic E-state index is 13.4. The Bertz CT molecular complexity index is 340. The molecule has 0 aliphatic carbocycles. The SMILES string of the molecule is OC(CCS)C(O)c1ccnc(Cl)c1F. The highest BCUT2D eigenvalue weighted by atomic mass is 35.5. The van der Waals surface area contributed by atoms with E-state index in [0.29, 0.717) is 5.75 Å². The van der Waals surface area contributed by atoms with Gasteiger partial charge in [-0.05, 0) is 18.2 Å². The van der Waals surface area contributed by atoms with E-state index in [-0.39, 0.29) is 17.1 Å². The summed E-state index contributed by atoms with van der Waals surface area (Å²) in [5.74, 6) is -0.400. The molecular weight excluding hydrogens is 241 g/mol. The number of thiol groups is 1. The van der Waals surface area contributed by atoms with Crippen molar-refractivity contribution < 1.29 is 14.6 Å². The lowest BCUT2D eigenvalue weighted by atomic mass is 10.0. The van der Waals surface area contributed by atoms with Crippen molar-refractivity contribution in [3.8, 4) is 0 Å². The molecule has 6 heteroatoms. The first-order valence-corrected chi connectivity index (χ1v) is 5.36. The summed E-state index contributed by atoms with van der Waals surface area (Å²) in [6.45, 7) is 0. The van der Waals surface area contributed by atoms with E-state index in [1.807, 2.05) is 0 Å². The summed E-state index contributed by atoms with van der Waals surface area (Å²) >= 11 is 9.36. The van der Waals surface area contributed by atoms with Gasteiger partial charge in [0.15, 0.2) is 11.0 Å². The first-order chi connectivity index (χ1) is 7.07. The third-order valence-corrected chi connectivity index (χ3v) is 2.51. The van der Waals surface area contributed by atoms with Crippen LogP contribution in [0.15, 0.2) is 12.3 Å². The summed E-state index contributed by atoms with van der Waals surface area (Å²) in [7, 11) is 0. The van der Waals surface area contributed by atoms with Crippen molar-refractivity contribution in [1.82, 2.24) is 4.98 Å². The maximum atomic E-state index is 13.4. The summed E-state index contributed by atoms with van der Waals surface area (Å²) in [4.78, 5) is 3.51. The Balaban J connectivity index is 2.90. The number of aliphatic hydroxyl groups is 2. The normalized spacial score (nSPS) is 15.0. The summed E-state index contributed by atoms with van der Waals surface area (Å²) in [5, 5.41) is 18.8. The van der Waals surface area contributed by atoms with Gasteiger partial charge in [-0.15, -0.1) is 0 Å². The van der Waals surface area contributed by atoms with Gasteiger partial charge in [0.1, 0.15) is 6.10 Å². The third kappa shape index (κ3) is 3.04. The number of rotatable bonds is 4. The van der Waals surface area contributed by atoms with Gasteiger partial charge >= 0.3 is 0 Å². The van der Waals surface area contributed by atoms with Gasteiger partial charge in [-0.1, -0.05) is 11.6 Å². The Kier molecular flexibility index (Phi) is 4.79. The molecule has 0 aromatic carbocycles. The predicted octanol–water partition coefficient (Wildman–Crippen LogP) is 1.59. The molecule has 2 atom stereocenters. The fourth-order valence-electron chi connectivity index (χ4n) is 1.16. The van der Waals surface area contributed by atoms with Crippen molar-refractivity contribution in [2.45, 2.75) is 18.6 Å². The molecule has 84 valence electrons. The molecule has 0 saturated carbocycles. The van der Waals surface area contributed by atoms with E-state index in [4.69, 9.17) is 11.6 Å². The summed E-state index contributed by atoms with van der Waals surface area (Å²) in [6, 6.07) is 1.29. The zero-order valence-electron chi connectivity index (χ0n) is 7.77. The van der Waals surface area contributed by atoms with Crippen molar-refractivity contribution in [2.24, 2.45) is 0 Å². The topological polar surface area (TPSA) is 53.4 Å². The highest BCUT2D eigenvalue weighted by molar-refractivity contribution is 7.80. The average molecular weight is 252 g/mol. The number of pyridine rings is 1. The van der Waals surface area contributed by atoms with Gasteiger partial charge in [-0.2, -0.15) is 12.6 Å². The smallest absolute Gasteiger partial charge is 0.166 e. The first kappa shape index (κ1) is 12.7. The molecule has 1 aromatic rings. The number of halogens is 2. The Labute approximate surface area is 97.3 Å². The van der Waals surface area contributed by atoms with E-state index in [1.165, 1.54) is 12.3 Å². The van der Waals surface area contributed by atoms with Gasteiger partial charge in [-0.3, -0.25) is 0 Å². The molecule has 1 heterocycles. The molecular formula is C9H11ClFNO2S. The second kappa shape index (κ2) is 5.65. The Hall–Kier alpha value is -0.360. The largest absolute Gasteiger partial charge is 0.390 e. The summed E-state index contributed by atoms with van der Waals surface area (Å²) in [6.07, 6.45) is -0.825. The Morgan fingerprint density at radius 3 is 2.80 bits per heavy atom. The highest BCUT2D eigenvalue weighted by Gasteiger charge is 2.22. The molecule has 0 spiro atoms. The molecule has 3 nitrogen and oxygen atoms in total. The molecule has 0 radical (unpaired) electrons. The van der Waals surface area contributed by atoms with Crippen LogP contribution in [-0.2, 0) is 0 Å². The molecule has 15 heavy (non-hydrogen) atoms. The fourth-order valence-corrected chi connectivity index (χ4v) is 1.59. The quantitative estimate of drug-likeness (QED) is 0.563. The van der Waals surface area contributed by atoms with Crippen molar-refractivity contribution in [2.75, 3.05) is 5.75 Å². The molecule has 0 aliphatic rings. The van der Waals surface area contributed by atoms with Crippen LogP contribution >= 0.6 is 24.2 Å². The number of hydrogen-bond acceptors (Lipinski definition) is 4. The van der Waals surface area contributed by atoms with Crippen molar-refractivity contribution in [3.63, 3.8) is 0 Å². The monoisotopic (exact) mass is 251 g/mol. The lowest BCUT2D eigenvalue weighted by molar-refractivity contribution is 0.0151. The second-order valence-corrected chi connectivity index (χ2v) is 3.83. The van der Waals surface area contributed by atoms with E-state index in [2.05, 4.69) is 17.6 Å². The van der Waals surface area contributed by atoms with Crippen molar-refractivity contribution >= 4 is 24.2 Å². The molecule has 0 saturated heterocycles. The first-order valence-electron chi connectivity index (χ1n) is 4.34. The molecule has 0 fully saturated rings. The zero-order chi connectivity index (χ0) is 11.4.